The molecular formula is C21H26FNO4. The maximum absolute atomic E-state index is 12.7. The molecule has 1 N–H and O–H groups in total. The molecule has 1 heterocycles. The monoisotopic (exact) mass is 375 g/mol. The van der Waals surface area contributed by atoms with Gasteiger partial charge in [-0.2, -0.15) is 0 Å². The predicted molar refractivity (Wildman–Crippen MR) is 102 cm³/mol. The molecule has 1 saturated heterocycles. The number of benzene rings is 1. The van der Waals surface area contributed by atoms with Gasteiger partial charge in [0.15, 0.2) is 0 Å². The first-order chi connectivity index (χ1) is 13.0. The first-order valence-electron chi connectivity index (χ1n) is 8.80. The minimum absolute atomic E-state index is 0.174. The fourth-order valence-corrected chi connectivity index (χ4v) is 2.31. The minimum atomic E-state index is -0.742. The van der Waals surface area contributed by atoms with Crippen LogP contribution in [0.5, 0.6) is 0 Å². The van der Waals surface area contributed by atoms with Gasteiger partial charge < -0.3 is 9.84 Å². The number of rotatable bonds is 7. The Hall–Kier alpha value is -2.73. The lowest BCUT2D eigenvalue weighted by Gasteiger charge is -2.13. The second-order valence-electron chi connectivity index (χ2n) is 5.77. The highest BCUT2D eigenvalue weighted by molar-refractivity contribution is 5.92. The van der Waals surface area contributed by atoms with Crippen LogP contribution >= 0.6 is 0 Å². The summed E-state index contributed by atoms with van der Waals surface area (Å²) in [4.78, 5) is 24.0. The number of amides is 2. The van der Waals surface area contributed by atoms with Crippen molar-refractivity contribution in [1.82, 2.24) is 4.90 Å². The molecule has 0 aromatic heterocycles. The third-order valence-electron chi connectivity index (χ3n) is 3.74. The summed E-state index contributed by atoms with van der Waals surface area (Å²) in [5, 5.41) is 9.90. The van der Waals surface area contributed by atoms with Crippen LogP contribution in [0.4, 0.5) is 9.18 Å². The topological polar surface area (TPSA) is 66.8 Å². The summed E-state index contributed by atoms with van der Waals surface area (Å²) < 4.78 is 17.4. The number of carbonyl (C=O) groups is 2. The van der Waals surface area contributed by atoms with E-state index in [0.29, 0.717) is 18.4 Å². The van der Waals surface area contributed by atoms with Gasteiger partial charge in [0, 0.05) is 6.42 Å². The largest absolute Gasteiger partial charge is 0.447 e. The molecule has 6 heteroatoms. The van der Waals surface area contributed by atoms with Crippen LogP contribution in [-0.2, 0) is 9.53 Å². The smallest absolute Gasteiger partial charge is 0.416 e. The van der Waals surface area contributed by atoms with Crippen LogP contribution in [0, 0.1) is 5.82 Å². The molecule has 0 radical (unpaired) electrons. The molecule has 1 aliphatic rings. The zero-order chi connectivity index (χ0) is 20.1. The van der Waals surface area contributed by atoms with Gasteiger partial charge in [0.25, 0.3) is 0 Å². The van der Waals surface area contributed by atoms with Crippen LogP contribution in [0.15, 0.2) is 61.2 Å². The van der Waals surface area contributed by atoms with E-state index in [1.54, 1.807) is 6.08 Å². The molecule has 1 aromatic rings. The lowest BCUT2D eigenvalue weighted by atomic mass is 10.0. The maximum atomic E-state index is 12.7. The number of cyclic esters (lactones) is 1. The molecule has 0 bridgehead atoms. The Labute approximate surface area is 159 Å². The van der Waals surface area contributed by atoms with Gasteiger partial charge in [0.05, 0.1) is 12.6 Å². The summed E-state index contributed by atoms with van der Waals surface area (Å²) >= 11 is 0. The van der Waals surface area contributed by atoms with Crippen LogP contribution in [-0.4, -0.2) is 35.2 Å². The summed E-state index contributed by atoms with van der Waals surface area (Å²) in [6.07, 6.45) is 9.16. The van der Waals surface area contributed by atoms with Gasteiger partial charge in [0.1, 0.15) is 12.4 Å². The molecule has 1 aliphatic heterocycles. The number of allylic oxidation sites excluding steroid dienone is 5. The molecule has 0 saturated carbocycles. The second kappa shape index (κ2) is 12.6. The van der Waals surface area contributed by atoms with E-state index in [1.165, 1.54) is 24.3 Å². The van der Waals surface area contributed by atoms with Gasteiger partial charge >= 0.3 is 6.09 Å². The van der Waals surface area contributed by atoms with E-state index in [9.17, 15) is 19.1 Å². The van der Waals surface area contributed by atoms with Crippen molar-refractivity contribution in [3.05, 3.63) is 72.6 Å². The van der Waals surface area contributed by atoms with Gasteiger partial charge in [-0.05, 0) is 37.5 Å². The summed E-state index contributed by atoms with van der Waals surface area (Å²) in [5.41, 5.74) is 0.611. The maximum Gasteiger partial charge on any atom is 0.416 e. The van der Waals surface area contributed by atoms with E-state index < -0.39 is 12.2 Å². The van der Waals surface area contributed by atoms with Crippen LogP contribution in [0.1, 0.15) is 37.9 Å². The minimum Gasteiger partial charge on any atom is -0.447 e. The molecule has 146 valence electrons. The summed E-state index contributed by atoms with van der Waals surface area (Å²) in [7, 11) is 0. The van der Waals surface area contributed by atoms with Crippen molar-refractivity contribution in [2.24, 2.45) is 0 Å². The Bertz CT molecular complexity index is 667. The lowest BCUT2D eigenvalue weighted by Crippen LogP contribution is -2.31. The second-order valence-corrected chi connectivity index (χ2v) is 5.77. The fraction of sp³-hybridized carbons (Fsp3) is 0.333. The number of imide groups is 1. The molecule has 1 aromatic carbocycles. The molecular weight excluding hydrogens is 349 g/mol. The van der Waals surface area contributed by atoms with E-state index in [4.69, 9.17) is 0 Å². The highest BCUT2D eigenvalue weighted by Gasteiger charge is 2.27. The summed E-state index contributed by atoms with van der Waals surface area (Å²) in [6.45, 7) is 6.02. The highest BCUT2D eigenvalue weighted by Crippen LogP contribution is 2.20. The van der Waals surface area contributed by atoms with E-state index in [0.717, 1.165) is 4.90 Å². The summed E-state index contributed by atoms with van der Waals surface area (Å²) in [6, 6.07) is 5.59. The first kappa shape index (κ1) is 22.3. The van der Waals surface area contributed by atoms with Crippen molar-refractivity contribution in [2.75, 3.05) is 13.2 Å². The number of aliphatic hydroxyl groups is 1. The predicted octanol–water partition coefficient (Wildman–Crippen LogP) is 4.31. The first-order valence-corrected chi connectivity index (χ1v) is 8.80. The van der Waals surface area contributed by atoms with Gasteiger partial charge in [-0.15, -0.1) is 0 Å². The van der Waals surface area contributed by atoms with Crippen molar-refractivity contribution >= 4 is 12.0 Å². The van der Waals surface area contributed by atoms with E-state index in [2.05, 4.69) is 11.3 Å². The van der Waals surface area contributed by atoms with Gasteiger partial charge in [-0.25, -0.2) is 14.1 Å². The Morgan fingerprint density at radius 2 is 2.04 bits per heavy atom. The van der Waals surface area contributed by atoms with Crippen molar-refractivity contribution in [2.45, 2.75) is 32.3 Å². The van der Waals surface area contributed by atoms with Crippen molar-refractivity contribution in [1.29, 1.82) is 0 Å². The zero-order valence-corrected chi connectivity index (χ0v) is 15.5. The number of carbonyl (C=O) groups excluding carboxylic acids is 2. The third-order valence-corrected chi connectivity index (χ3v) is 3.74. The van der Waals surface area contributed by atoms with Gasteiger partial charge in [0.2, 0.25) is 5.91 Å². The Morgan fingerprint density at radius 1 is 1.33 bits per heavy atom. The number of ether oxygens (including phenoxy) is 1. The van der Waals surface area contributed by atoms with Gasteiger partial charge in [-0.3, -0.25) is 4.79 Å². The lowest BCUT2D eigenvalue weighted by molar-refractivity contribution is -0.127. The Morgan fingerprint density at radius 3 is 2.59 bits per heavy atom. The van der Waals surface area contributed by atoms with Crippen LogP contribution in [0.3, 0.4) is 0 Å². The van der Waals surface area contributed by atoms with Crippen molar-refractivity contribution in [3.8, 4) is 0 Å². The number of hydrogen-bond acceptors (Lipinski definition) is 4. The number of halogens is 1. The standard InChI is InChI=1S/C14H16FNO4.C7H10/c15-11-6-4-10(5-7-11)12(17)2-1-3-13(18)16-8-9-20-14(16)19;1-3-5-7-6-4-2/h4-7,12,17H,1-3,8-9H2;3-7H,1H2,2H3/b;6-4-,7-5-/t12-;/m0./s1. The Balaban J connectivity index is 0.000000445. The quantitative estimate of drug-likeness (QED) is 0.721. The number of aliphatic hydroxyl groups excluding tert-OH is 1. The molecule has 2 amide bonds. The number of nitrogens with zero attached hydrogens (tertiary/aromatic N) is 1. The molecule has 0 unspecified atom stereocenters. The highest BCUT2D eigenvalue weighted by atomic mass is 19.1. The van der Waals surface area contributed by atoms with E-state index in [-0.39, 0.29) is 31.3 Å². The van der Waals surface area contributed by atoms with Crippen LogP contribution in [0.2, 0.25) is 0 Å². The average Bonchev–Trinajstić information content (AvgIpc) is 3.09. The van der Waals surface area contributed by atoms with Crippen LogP contribution < -0.4 is 0 Å². The van der Waals surface area contributed by atoms with Crippen LogP contribution in [0.25, 0.3) is 0 Å². The number of hydrogen-bond donors (Lipinski definition) is 1. The molecule has 2 rings (SSSR count). The normalized spacial score (nSPS) is 14.8. The van der Waals surface area contributed by atoms with E-state index in [1.807, 2.05) is 31.2 Å². The van der Waals surface area contributed by atoms with Crippen molar-refractivity contribution in [3.63, 3.8) is 0 Å². The van der Waals surface area contributed by atoms with E-state index >= 15 is 0 Å². The molecule has 1 fully saturated rings. The summed E-state index contributed by atoms with van der Waals surface area (Å²) in [5.74, 6) is -0.650. The molecule has 1 atom stereocenters. The average molecular weight is 375 g/mol. The molecule has 27 heavy (non-hydrogen) atoms. The SMILES string of the molecule is C=C/C=C\C=C/C.O=C(CCC[C@H](O)c1ccc(F)cc1)N1CCOC1=O. The molecule has 0 aliphatic carbocycles. The Kier molecular flexibility index (Phi) is 10.4. The fourth-order valence-electron chi connectivity index (χ4n) is 2.31. The van der Waals surface area contributed by atoms with Crippen molar-refractivity contribution < 1.29 is 23.8 Å². The third kappa shape index (κ3) is 8.46. The van der Waals surface area contributed by atoms with Gasteiger partial charge in [-0.1, -0.05) is 49.1 Å². The molecule has 5 nitrogen and oxygen atoms in total. The zero-order valence-electron chi connectivity index (χ0n) is 15.5. The molecule has 0 spiro atoms.